The van der Waals surface area contributed by atoms with E-state index in [0.29, 0.717) is 12.1 Å². The highest BCUT2D eigenvalue weighted by molar-refractivity contribution is 5.73. The monoisotopic (exact) mass is 263 g/mol. The van der Waals surface area contributed by atoms with Gasteiger partial charge in [0, 0.05) is 12.5 Å². The molecule has 0 saturated carbocycles. The van der Waals surface area contributed by atoms with Crippen LogP contribution in [0.4, 0.5) is 13.2 Å². The maximum Gasteiger partial charge on any atom is 0.321 e. The zero-order chi connectivity index (χ0) is 14.3. The van der Waals surface area contributed by atoms with Gasteiger partial charge in [-0.05, 0) is 18.7 Å². The van der Waals surface area contributed by atoms with E-state index in [2.05, 4.69) is 5.32 Å². The predicted molar refractivity (Wildman–Crippen MR) is 61.9 cm³/mol. The van der Waals surface area contributed by atoms with E-state index < -0.39 is 29.5 Å². The van der Waals surface area contributed by atoms with Gasteiger partial charge >= 0.3 is 5.97 Å². The fraction of sp³-hybridized carbons (Fsp3) is 0.417. The Labute approximate surface area is 104 Å². The number of halogens is 3. The summed E-state index contributed by atoms with van der Waals surface area (Å²) in [4.78, 5) is 10.6. The number of nitrogens with one attached hydrogen (secondary N) is 1. The van der Waals surface area contributed by atoms with Crippen LogP contribution in [-0.2, 0) is 11.2 Å². The molecule has 102 valence electrons. The van der Waals surface area contributed by atoms with E-state index >= 15 is 0 Å². The van der Waals surface area contributed by atoms with Gasteiger partial charge in [-0.3, -0.25) is 4.79 Å². The third kappa shape index (κ3) is 4.37. The first kappa shape index (κ1) is 16.4. The number of hydrogen-bond acceptors (Lipinski definition) is 2. The van der Waals surface area contributed by atoms with Crippen LogP contribution in [0.1, 0.15) is 19.4 Å². The molecule has 0 aliphatic carbocycles. The van der Waals surface area contributed by atoms with E-state index in [-0.39, 0.29) is 12.0 Å². The van der Waals surface area contributed by atoms with Gasteiger partial charge in [0.15, 0.2) is 11.6 Å². The highest BCUT2D eigenvalue weighted by Crippen LogP contribution is 2.15. The molecule has 0 amide bonds. The zero-order valence-electron chi connectivity index (χ0n) is 10.4. The minimum absolute atomic E-state index is 0.180. The topological polar surface area (TPSA) is 49.3 Å². The molecule has 0 heterocycles. The molecule has 0 bridgehead atoms. The molecule has 3 nitrogen and oxygen atoms in total. The summed E-state index contributed by atoms with van der Waals surface area (Å²) in [5.74, 6) is -4.64. The first-order valence-electron chi connectivity index (χ1n) is 5.49. The molecule has 6 heteroatoms. The molecule has 0 saturated heterocycles. The van der Waals surface area contributed by atoms with Crippen molar-refractivity contribution in [1.82, 2.24) is 5.32 Å². The lowest BCUT2D eigenvalue weighted by Gasteiger charge is -2.11. The summed E-state index contributed by atoms with van der Waals surface area (Å²) >= 11 is 0. The molecule has 0 radical (unpaired) electrons. The van der Waals surface area contributed by atoms with Crippen molar-refractivity contribution in [2.75, 3.05) is 7.05 Å². The van der Waals surface area contributed by atoms with Crippen LogP contribution in [0.25, 0.3) is 0 Å². The smallest absolute Gasteiger partial charge is 0.321 e. The molecule has 1 aromatic rings. The van der Waals surface area contributed by atoms with Crippen molar-refractivity contribution in [2.45, 2.75) is 26.3 Å². The molecular weight excluding hydrogens is 247 g/mol. The van der Waals surface area contributed by atoms with Gasteiger partial charge in [-0.15, -0.1) is 0 Å². The molecule has 0 spiro atoms. The lowest BCUT2D eigenvalue weighted by molar-refractivity contribution is -0.139. The van der Waals surface area contributed by atoms with Gasteiger partial charge in [-0.2, -0.15) is 0 Å². The number of hydrogen-bond donors (Lipinski definition) is 2. The first-order chi connectivity index (χ1) is 8.45. The molecule has 1 unspecified atom stereocenters. The summed E-state index contributed by atoms with van der Waals surface area (Å²) in [6.07, 6.45) is -0.255. The second kappa shape index (κ2) is 7.71. The fourth-order valence-corrected chi connectivity index (χ4v) is 1.25. The Balaban J connectivity index is 0.00000137. The van der Waals surface area contributed by atoms with Crippen LogP contribution in [0.3, 0.4) is 0 Å². The molecule has 18 heavy (non-hydrogen) atoms. The van der Waals surface area contributed by atoms with E-state index in [9.17, 15) is 18.0 Å². The Hall–Kier alpha value is -1.56. The van der Waals surface area contributed by atoms with Crippen molar-refractivity contribution in [1.29, 1.82) is 0 Å². The maximum absolute atomic E-state index is 13.2. The first-order valence-corrected chi connectivity index (χ1v) is 5.49. The van der Waals surface area contributed by atoms with E-state index in [1.54, 1.807) is 0 Å². The molecule has 1 rings (SSSR count). The van der Waals surface area contributed by atoms with E-state index in [0.717, 1.165) is 0 Å². The van der Waals surface area contributed by atoms with Crippen LogP contribution >= 0.6 is 0 Å². The standard InChI is InChI=1S/C10H10F3NO2.C2H6/c1-14-9(10(15)16)3-5-2-7(12)8(13)4-6(5)11;1-2/h2,4,9,14H,3H2,1H3,(H,15,16);1-2H3. The molecule has 1 aromatic carbocycles. The molecule has 0 aliphatic heterocycles. The number of carboxylic acid groups (broad SMARTS) is 1. The second-order valence-electron chi connectivity index (χ2n) is 3.24. The Bertz CT molecular complexity index is 411. The van der Waals surface area contributed by atoms with Gasteiger partial charge in [-0.1, -0.05) is 13.8 Å². The third-order valence-electron chi connectivity index (χ3n) is 2.16. The minimum atomic E-state index is -1.29. The van der Waals surface area contributed by atoms with Gasteiger partial charge in [-0.25, -0.2) is 13.2 Å². The van der Waals surface area contributed by atoms with Gasteiger partial charge in [0.1, 0.15) is 11.9 Å². The quantitative estimate of drug-likeness (QED) is 0.820. The van der Waals surface area contributed by atoms with Gasteiger partial charge in [0.25, 0.3) is 0 Å². The number of carboxylic acids is 1. The summed E-state index contributed by atoms with van der Waals surface area (Å²) in [7, 11) is 1.39. The minimum Gasteiger partial charge on any atom is -0.480 e. The summed E-state index contributed by atoms with van der Waals surface area (Å²) in [6.45, 7) is 4.00. The van der Waals surface area contributed by atoms with Crippen molar-refractivity contribution >= 4 is 5.97 Å². The van der Waals surface area contributed by atoms with Crippen LogP contribution < -0.4 is 5.32 Å². The van der Waals surface area contributed by atoms with Gasteiger partial charge in [0.2, 0.25) is 0 Å². The number of benzene rings is 1. The average Bonchev–Trinajstić information content (AvgIpc) is 2.34. The zero-order valence-corrected chi connectivity index (χ0v) is 10.4. The van der Waals surface area contributed by atoms with Crippen molar-refractivity contribution < 1.29 is 23.1 Å². The predicted octanol–water partition coefficient (Wildman–Crippen LogP) is 2.35. The maximum atomic E-state index is 13.2. The molecule has 2 N–H and O–H groups in total. The molecule has 0 aliphatic rings. The molecule has 0 aromatic heterocycles. The van der Waals surface area contributed by atoms with Gasteiger partial charge < -0.3 is 10.4 Å². The SMILES string of the molecule is CC.CNC(Cc1cc(F)c(F)cc1F)C(=O)O. The highest BCUT2D eigenvalue weighted by atomic mass is 19.2. The molecule has 1 atom stereocenters. The second-order valence-corrected chi connectivity index (χ2v) is 3.24. The van der Waals surface area contributed by atoms with Crippen LogP contribution in [0.2, 0.25) is 0 Å². The van der Waals surface area contributed by atoms with E-state index in [1.165, 1.54) is 7.05 Å². The largest absolute Gasteiger partial charge is 0.480 e. The van der Waals surface area contributed by atoms with Crippen molar-refractivity contribution in [3.63, 3.8) is 0 Å². The number of rotatable bonds is 4. The highest BCUT2D eigenvalue weighted by Gasteiger charge is 2.19. The van der Waals surface area contributed by atoms with Crippen LogP contribution in [-0.4, -0.2) is 24.2 Å². The van der Waals surface area contributed by atoms with Crippen LogP contribution in [0, 0.1) is 17.5 Å². The Morgan fingerprint density at radius 3 is 2.17 bits per heavy atom. The Kier molecular flexibility index (Phi) is 7.04. The van der Waals surface area contributed by atoms with Gasteiger partial charge in [0.05, 0.1) is 0 Å². The van der Waals surface area contributed by atoms with E-state index in [4.69, 9.17) is 5.11 Å². The summed E-state index contributed by atoms with van der Waals surface area (Å²) < 4.78 is 38.6. The number of carbonyl (C=O) groups is 1. The third-order valence-corrected chi connectivity index (χ3v) is 2.16. The van der Waals surface area contributed by atoms with Crippen LogP contribution in [0.5, 0.6) is 0 Å². The summed E-state index contributed by atoms with van der Waals surface area (Å²) in [6, 6.07) is 0.0244. The van der Waals surface area contributed by atoms with Crippen molar-refractivity contribution in [2.24, 2.45) is 0 Å². The Morgan fingerprint density at radius 2 is 1.72 bits per heavy atom. The average molecular weight is 263 g/mol. The number of likely N-dealkylation sites (N-methyl/N-ethyl adjacent to an activating group) is 1. The number of aliphatic carboxylic acids is 1. The van der Waals surface area contributed by atoms with Crippen molar-refractivity contribution in [3.05, 3.63) is 35.1 Å². The van der Waals surface area contributed by atoms with Crippen molar-refractivity contribution in [3.8, 4) is 0 Å². The van der Waals surface area contributed by atoms with E-state index in [1.807, 2.05) is 13.8 Å². The fourth-order valence-electron chi connectivity index (χ4n) is 1.25. The molecule has 0 fully saturated rings. The summed E-state index contributed by atoms with van der Waals surface area (Å²) in [5, 5.41) is 11.1. The normalized spacial score (nSPS) is 11.4. The van der Waals surface area contributed by atoms with Crippen LogP contribution in [0.15, 0.2) is 12.1 Å². The molecular formula is C12H16F3NO2. The summed E-state index contributed by atoms with van der Waals surface area (Å²) in [5.41, 5.74) is -0.180. The Morgan fingerprint density at radius 1 is 1.22 bits per heavy atom. The lowest BCUT2D eigenvalue weighted by atomic mass is 10.1. The lowest BCUT2D eigenvalue weighted by Crippen LogP contribution is -2.36.